The summed E-state index contributed by atoms with van der Waals surface area (Å²) in [6, 6.07) is 8.23. The van der Waals surface area contributed by atoms with Gasteiger partial charge in [-0.3, -0.25) is 9.21 Å². The number of alkyl halides is 3. The highest BCUT2D eigenvalue weighted by Crippen LogP contribution is 2.38. The van der Waals surface area contributed by atoms with Gasteiger partial charge in [-0.15, -0.1) is 0 Å². The average molecular weight is 275 g/mol. The van der Waals surface area contributed by atoms with E-state index < -0.39 is 22.8 Å². The van der Waals surface area contributed by atoms with E-state index in [-0.39, 0.29) is 5.07 Å². The number of hydrogen-bond acceptors (Lipinski definition) is 3. The summed E-state index contributed by atoms with van der Waals surface area (Å²) in [5, 5.41) is 9.29. The summed E-state index contributed by atoms with van der Waals surface area (Å²) < 4.78 is 41.5. The molecule has 2 rings (SSSR count). The monoisotopic (exact) mass is 275 g/mol. The lowest BCUT2D eigenvalue weighted by Crippen LogP contribution is -2.21. The van der Waals surface area contributed by atoms with Crippen LogP contribution in [0.15, 0.2) is 34.7 Å². The number of aromatic hydroxyl groups is 1. The molecule has 2 aromatic rings. The summed E-state index contributed by atoms with van der Waals surface area (Å²) in [5.41, 5.74) is 0.485. The largest absolute Gasteiger partial charge is 0.539 e. The van der Waals surface area contributed by atoms with Crippen molar-refractivity contribution in [2.75, 3.05) is 0 Å². The van der Waals surface area contributed by atoms with Crippen molar-refractivity contribution in [3.63, 3.8) is 0 Å². The van der Waals surface area contributed by atoms with Crippen LogP contribution in [0.25, 0.3) is 10.6 Å². The Bertz CT molecular complexity index is 575. The first-order chi connectivity index (χ1) is 8.39. The number of halogens is 3. The second-order valence-electron chi connectivity index (χ2n) is 3.32. The summed E-state index contributed by atoms with van der Waals surface area (Å²) in [5.74, 6) is -3.13. The third-order valence-electron chi connectivity index (χ3n) is 2.05. The molecule has 0 atom stereocenters. The molecule has 0 aliphatic rings. The summed E-state index contributed by atoms with van der Waals surface area (Å²) in [6.07, 6.45) is -5.04. The van der Waals surface area contributed by atoms with Gasteiger partial charge in [0.25, 0.3) is 5.78 Å². The van der Waals surface area contributed by atoms with E-state index in [0.717, 1.165) is 0 Å². The fourth-order valence-electron chi connectivity index (χ4n) is 1.26. The van der Waals surface area contributed by atoms with E-state index in [1.54, 1.807) is 30.3 Å². The highest BCUT2D eigenvalue weighted by molar-refractivity contribution is 7.17. The number of Topliss-reactive ketones (excluding diaryl/α,β-unsaturated/α-hetero) is 1. The Morgan fingerprint density at radius 2 is 1.83 bits per heavy atom. The van der Waals surface area contributed by atoms with Gasteiger partial charge < -0.3 is 5.11 Å². The molecule has 0 bridgehead atoms. The molecule has 1 aromatic heterocycles. The third kappa shape index (κ3) is 2.35. The Morgan fingerprint density at radius 3 is 2.39 bits per heavy atom. The number of carbonyl (C=O) groups is 1. The highest BCUT2D eigenvalue weighted by Gasteiger charge is 2.46. The average Bonchev–Trinajstić information content (AvgIpc) is 2.70. The zero-order valence-corrected chi connectivity index (χ0v) is 9.51. The van der Waals surface area contributed by atoms with Gasteiger partial charge in [-0.2, -0.15) is 13.2 Å². The maximum atomic E-state index is 12.2. The summed E-state index contributed by atoms with van der Waals surface area (Å²) in [6.45, 7) is 0. The Balaban J connectivity index is 2.43. The summed E-state index contributed by atoms with van der Waals surface area (Å²) >= 11 is 0.461. The predicted octanol–water partition coefficient (Wildman–Crippen LogP) is 3.74. The normalized spacial score (nSPS) is 11.5. The van der Waals surface area contributed by atoms with Gasteiger partial charge in [-0.1, -0.05) is 18.2 Å². The van der Waals surface area contributed by atoms with E-state index in [4.69, 9.17) is 4.42 Å². The molecule has 18 heavy (non-hydrogen) atoms. The lowest BCUT2D eigenvalue weighted by atomic mass is 10.2. The molecule has 0 amide bonds. The number of ketones is 1. The molecule has 0 saturated heterocycles. The second-order valence-corrected chi connectivity index (χ2v) is 4.30. The minimum absolute atomic E-state index is 0.0423. The van der Waals surface area contributed by atoms with Crippen molar-refractivity contribution in [2.24, 2.45) is 0 Å². The molecule has 0 aliphatic carbocycles. The van der Waals surface area contributed by atoms with Crippen molar-refractivity contribution in [3.8, 4) is 16.6 Å². The zero-order chi connectivity index (χ0) is 13.3. The van der Waals surface area contributed by atoms with Crippen LogP contribution >= 0.6 is 11.3 Å². The van der Waals surface area contributed by atoms with Gasteiger partial charge in [0.1, 0.15) is 0 Å². The van der Waals surface area contributed by atoms with Crippen LogP contribution in [0.4, 0.5) is 13.2 Å². The van der Waals surface area contributed by atoms with Gasteiger partial charge in [0.15, 0.2) is 0 Å². The van der Waals surface area contributed by atoms with Crippen LogP contribution < -0.4 is 0 Å². The standard InChI is InChI=1S/C11H5F3O3S/c12-11(13,14)8(15)7-9(16)17-10(18-7)6-4-2-1-3-5-6/h1-5H/p+1. The quantitative estimate of drug-likeness (QED) is 0.671. The lowest BCUT2D eigenvalue weighted by molar-refractivity contribution is -0.0885. The summed E-state index contributed by atoms with van der Waals surface area (Å²) in [4.78, 5) is 10.2. The van der Waals surface area contributed by atoms with Crippen LogP contribution in [0.1, 0.15) is 9.67 Å². The predicted molar refractivity (Wildman–Crippen MR) is 58.5 cm³/mol. The van der Waals surface area contributed by atoms with Gasteiger partial charge in [-0.05, 0) is 23.5 Å². The summed E-state index contributed by atoms with van der Waals surface area (Å²) in [7, 11) is 0. The van der Waals surface area contributed by atoms with E-state index in [9.17, 15) is 23.1 Å². The highest BCUT2D eigenvalue weighted by atomic mass is 32.1. The van der Waals surface area contributed by atoms with Crippen molar-refractivity contribution in [1.29, 1.82) is 0 Å². The van der Waals surface area contributed by atoms with Gasteiger partial charge in [0.2, 0.25) is 4.88 Å². The van der Waals surface area contributed by atoms with Crippen LogP contribution in [0.5, 0.6) is 5.95 Å². The lowest BCUT2D eigenvalue weighted by Gasteiger charge is -1.98. The Labute approximate surface area is 103 Å². The molecule has 0 spiro atoms. The fraction of sp³-hybridized carbons (Fsp3) is 0.0909. The van der Waals surface area contributed by atoms with E-state index in [1.807, 2.05) is 0 Å². The molecule has 7 heteroatoms. The molecule has 0 fully saturated rings. The van der Waals surface area contributed by atoms with Crippen molar-refractivity contribution in [2.45, 2.75) is 6.18 Å². The Kier molecular flexibility index (Phi) is 3.08. The molecule has 1 N–H and O–H groups in total. The maximum absolute atomic E-state index is 12.2. The zero-order valence-electron chi connectivity index (χ0n) is 8.69. The Hall–Kier alpha value is -1.89. The van der Waals surface area contributed by atoms with Crippen molar-refractivity contribution < 1.29 is 27.5 Å². The smallest absolute Gasteiger partial charge is 0.334 e. The maximum Gasteiger partial charge on any atom is 0.539 e. The molecule has 1 heterocycles. The van der Waals surface area contributed by atoms with Crippen LogP contribution in [0.3, 0.4) is 0 Å². The molecule has 94 valence electrons. The van der Waals surface area contributed by atoms with E-state index in [0.29, 0.717) is 16.9 Å². The Morgan fingerprint density at radius 1 is 1.22 bits per heavy atom. The van der Waals surface area contributed by atoms with Crippen molar-refractivity contribution >= 4 is 17.1 Å². The van der Waals surface area contributed by atoms with Gasteiger partial charge in [0, 0.05) is 0 Å². The van der Waals surface area contributed by atoms with Crippen LogP contribution in [-0.2, 0) is 0 Å². The number of benzene rings is 1. The fourth-order valence-corrected chi connectivity index (χ4v) is 2.15. The SMILES string of the molecule is O=C(c1sc(-c2ccccc2)[o+]c1O)C(F)(F)F. The minimum Gasteiger partial charge on any atom is -0.334 e. The molecular weight excluding hydrogens is 269 g/mol. The van der Waals surface area contributed by atoms with Crippen LogP contribution in [-0.4, -0.2) is 17.1 Å². The van der Waals surface area contributed by atoms with Crippen molar-refractivity contribution in [1.82, 2.24) is 0 Å². The number of hydrogen-bond donors (Lipinski definition) is 1. The van der Waals surface area contributed by atoms with Crippen molar-refractivity contribution in [3.05, 3.63) is 35.2 Å². The second kappa shape index (κ2) is 4.41. The molecule has 0 radical (unpaired) electrons. The van der Waals surface area contributed by atoms with Gasteiger partial charge >= 0.3 is 17.2 Å². The van der Waals surface area contributed by atoms with E-state index >= 15 is 0 Å². The molecule has 1 aromatic carbocycles. The van der Waals surface area contributed by atoms with E-state index in [2.05, 4.69) is 0 Å². The molecule has 0 unspecified atom stereocenters. The molecule has 0 aliphatic heterocycles. The van der Waals surface area contributed by atoms with Crippen LogP contribution in [0.2, 0.25) is 0 Å². The first-order valence-electron chi connectivity index (χ1n) is 4.72. The third-order valence-corrected chi connectivity index (χ3v) is 3.12. The first kappa shape index (κ1) is 12.6. The number of carbonyl (C=O) groups excluding carboxylic acids is 1. The molecule has 0 saturated carbocycles. The number of rotatable bonds is 2. The van der Waals surface area contributed by atoms with Gasteiger partial charge in [-0.25, -0.2) is 0 Å². The first-order valence-corrected chi connectivity index (χ1v) is 5.54. The minimum atomic E-state index is -5.04. The topological polar surface area (TPSA) is 48.6 Å². The molecule has 3 nitrogen and oxygen atoms in total. The van der Waals surface area contributed by atoms with Gasteiger partial charge in [0.05, 0.1) is 5.56 Å². The van der Waals surface area contributed by atoms with E-state index in [1.165, 1.54) is 0 Å². The van der Waals surface area contributed by atoms with Crippen LogP contribution in [0, 0.1) is 0 Å². The molecular formula is C11H6F3O3S+.